The third kappa shape index (κ3) is 11.2. The van der Waals surface area contributed by atoms with Crippen molar-refractivity contribution in [1.29, 1.82) is 0 Å². The van der Waals surface area contributed by atoms with Crippen molar-refractivity contribution in [2.75, 3.05) is 0 Å². The first-order valence-corrected chi connectivity index (χ1v) is 50.1. The van der Waals surface area contributed by atoms with Gasteiger partial charge in [-0.3, -0.25) is 42.5 Å². The van der Waals surface area contributed by atoms with E-state index in [9.17, 15) is 0 Å². The molecule has 8 aromatic heterocycles. The van der Waals surface area contributed by atoms with Gasteiger partial charge in [-0.1, -0.05) is 197 Å². The molecule has 128 heavy (non-hydrogen) atoms. The van der Waals surface area contributed by atoms with Crippen molar-refractivity contribution in [2.24, 2.45) is 94.7 Å². The first-order valence-electron chi connectivity index (χ1n) is 50.1. The smallest absolute Gasteiger partial charge is 0.0649 e. The van der Waals surface area contributed by atoms with E-state index in [-0.39, 0.29) is 145 Å². The number of rotatable bonds is 8. The van der Waals surface area contributed by atoms with Crippen LogP contribution >= 0.6 is 0 Å². The van der Waals surface area contributed by atoms with Gasteiger partial charge in [-0.05, 0) is 239 Å². The molecule has 13 heterocycles. The van der Waals surface area contributed by atoms with Crippen LogP contribution < -0.4 is 42.5 Å². The lowest BCUT2D eigenvalue weighted by Crippen LogP contribution is -2.62. The summed E-state index contributed by atoms with van der Waals surface area (Å²) in [6.07, 6.45) is 38.9. The lowest BCUT2D eigenvalue weighted by Gasteiger charge is -2.56. The van der Waals surface area contributed by atoms with Crippen molar-refractivity contribution in [3.05, 3.63) is 292 Å². The molecule has 16 heteroatoms. The Labute approximate surface area is 748 Å². The van der Waals surface area contributed by atoms with Crippen LogP contribution in [-0.4, -0.2) is 85.9 Å². The van der Waals surface area contributed by atoms with Crippen molar-refractivity contribution in [2.45, 2.75) is 200 Å². The van der Waals surface area contributed by atoms with Gasteiger partial charge < -0.3 is 36.5 Å². The first kappa shape index (κ1) is 75.6. The third-order valence-electron chi connectivity index (χ3n) is 37.5. The van der Waals surface area contributed by atoms with E-state index < -0.39 is 0 Å². The van der Waals surface area contributed by atoms with Crippen molar-refractivity contribution in [3.63, 3.8) is 0 Å². The maximum absolute atomic E-state index is 5.14. The minimum atomic E-state index is -0.149. The van der Waals surface area contributed by atoms with Gasteiger partial charge in [-0.2, -0.15) is 0 Å². The Morgan fingerprint density at radius 3 is 0.391 bits per heavy atom. The summed E-state index contributed by atoms with van der Waals surface area (Å²) in [5.74, 6) is 4.20. The summed E-state index contributed by atoms with van der Waals surface area (Å²) in [5.41, 5.74) is 10.9. The summed E-state index contributed by atoms with van der Waals surface area (Å²) in [6.45, 7) is 0. The number of fused-ring (bicyclic) bond motifs is 32. The molecule has 29 rings (SSSR count). The van der Waals surface area contributed by atoms with Gasteiger partial charge in [-0.15, -0.1) is 0 Å². The largest absolute Gasteiger partial charge is 0.344 e. The van der Waals surface area contributed by atoms with Gasteiger partial charge in [0.05, 0.1) is 49.3 Å². The van der Waals surface area contributed by atoms with Gasteiger partial charge in [0.2, 0.25) is 0 Å². The van der Waals surface area contributed by atoms with E-state index in [1.807, 2.05) is 0 Å². The number of nitrogens with one attached hydrogen (secondary N) is 8. The molecule has 648 valence electrons. The monoisotopic (exact) mass is 1690 g/mol. The van der Waals surface area contributed by atoms with E-state index in [0.29, 0.717) is 47.3 Å². The second kappa shape index (κ2) is 29.6. The summed E-state index contributed by atoms with van der Waals surface area (Å²) in [4.78, 5) is 0. The fourth-order valence-corrected chi connectivity index (χ4v) is 33.4. The molecule has 24 unspecified atom stereocenters. The third-order valence-corrected chi connectivity index (χ3v) is 37.5. The molecule has 16 aromatic rings. The van der Waals surface area contributed by atoms with Crippen molar-refractivity contribution in [1.82, 2.24) is 79.1 Å². The highest BCUT2D eigenvalue weighted by atomic mass is 15.4. The van der Waals surface area contributed by atoms with Crippen molar-refractivity contribution >= 4 is 87.2 Å². The molecule has 13 fully saturated rings. The average Bonchev–Trinajstić information content (AvgIpc) is 1.54. The van der Waals surface area contributed by atoms with Gasteiger partial charge >= 0.3 is 0 Å². The summed E-state index contributed by atoms with van der Waals surface area (Å²) < 4.78 is 23.1. The maximum atomic E-state index is 5.14. The SMILES string of the molecule is c1ccc2c(c1)ccn2C1C2CCCCC2C(n2ccc3ccccc32)C2C3NC(NC4NC(NC5NC(NC6NC(N3)C3C6C(n6ccc7ccccc76)C6CCCCC6C3n3ccc6ccccc63)C3C5C(n5ccc6ccccc65)C5CCCCC5C3n3ccc5ccccc53)C3C4C(n4ccc5ccccc54)C4CCCCC4C3n3ccc4ccccc43)C21. The van der Waals surface area contributed by atoms with E-state index >= 15 is 0 Å². The van der Waals surface area contributed by atoms with E-state index in [1.54, 1.807) is 0 Å². The van der Waals surface area contributed by atoms with E-state index in [4.69, 9.17) is 42.5 Å². The van der Waals surface area contributed by atoms with Crippen LogP contribution in [0.1, 0.15) is 151 Å². The van der Waals surface area contributed by atoms with Crippen molar-refractivity contribution in [3.8, 4) is 0 Å². The molecular formula is C112H120N16. The molecule has 8 bridgehead atoms. The number of benzene rings is 8. The molecule has 0 radical (unpaired) electrons. The topological polar surface area (TPSA) is 136 Å². The molecule has 16 nitrogen and oxygen atoms in total. The highest BCUT2D eigenvalue weighted by Gasteiger charge is 2.69. The Kier molecular flexibility index (Phi) is 17.5. The standard InChI is InChI=1S/C112H120N16/c1-17-41-81-65(25-1)49-57-121(81)97-73-33-9-10-34-74(73)98(122-58-50-66-26-2-18-42-82(66)122)90-89(97)105-113-106(90)118-108-93-94(102(126-62-54-70-30-6-22-46-86(70)126)78-38-14-13-37-77(78)101(93)125-61-53-69-29-5-21-45-85(69)125)110(115-108)120-112-96-95(103(127-63-55-71-31-7-23-47-87(71)127)79-39-15-16-40-80(79)104(96)128-64-56-72-32-8-24-48-88(72)128)111(116-112)119-109-92-91(107(114-109)117-105)99(123-59-51-67-27-3-19-43-83(67)123)75-35-11-12-36-76(75)100(92)124-60-52-68-28-4-20-44-84(68)124/h1-8,17-32,41-64,73-80,89-120H,9-16,33-40H2. The summed E-state index contributed by atoms with van der Waals surface area (Å²) in [5, 5.41) is 51.3. The summed E-state index contributed by atoms with van der Waals surface area (Å²) >= 11 is 0. The van der Waals surface area contributed by atoms with E-state index in [2.05, 4.69) is 329 Å². The molecule has 8 aliphatic carbocycles. The van der Waals surface area contributed by atoms with Crippen LogP contribution in [-0.2, 0) is 0 Å². The number of hydrogen-bond acceptors (Lipinski definition) is 8. The second-order valence-corrected chi connectivity index (χ2v) is 42.4. The fourth-order valence-electron chi connectivity index (χ4n) is 33.4. The van der Waals surface area contributed by atoms with E-state index in [1.165, 1.54) is 190 Å². The van der Waals surface area contributed by atoms with Crippen LogP contribution in [0, 0.1) is 94.7 Å². The molecule has 8 saturated carbocycles. The van der Waals surface area contributed by atoms with Gasteiger partial charge in [0.1, 0.15) is 0 Å². The van der Waals surface area contributed by atoms with Crippen LogP contribution in [0.4, 0.5) is 0 Å². The molecule has 5 aliphatic heterocycles. The number of nitrogens with zero attached hydrogens (tertiary/aromatic N) is 8. The predicted octanol–water partition coefficient (Wildman–Crippen LogP) is 21.2. The molecule has 8 aromatic carbocycles. The molecule has 8 N–H and O–H groups in total. The number of hydrogen-bond donors (Lipinski definition) is 8. The Hall–Kier alpha value is -10.2. The predicted molar refractivity (Wildman–Crippen MR) is 513 cm³/mol. The number of aromatic nitrogens is 8. The molecule has 0 spiro atoms. The Morgan fingerprint density at radius 2 is 0.266 bits per heavy atom. The van der Waals surface area contributed by atoms with Gasteiger partial charge in [-0.25, -0.2) is 0 Å². The lowest BCUT2D eigenvalue weighted by atomic mass is 9.56. The van der Waals surface area contributed by atoms with Gasteiger partial charge in [0.15, 0.2) is 0 Å². The molecule has 24 atom stereocenters. The van der Waals surface area contributed by atoms with E-state index in [0.717, 1.165) is 0 Å². The molecular weight excluding hydrogens is 1570 g/mol. The average molecular weight is 1690 g/mol. The Morgan fingerprint density at radius 1 is 0.148 bits per heavy atom. The zero-order valence-electron chi connectivity index (χ0n) is 73.1. The molecule has 0 amide bonds. The van der Waals surface area contributed by atoms with Crippen LogP contribution in [0.2, 0.25) is 0 Å². The second-order valence-electron chi connectivity index (χ2n) is 42.4. The van der Waals surface area contributed by atoms with Crippen LogP contribution in [0.25, 0.3) is 87.2 Å². The Bertz CT molecular complexity index is 5680. The molecule has 13 aliphatic rings. The van der Waals surface area contributed by atoms with Crippen LogP contribution in [0.3, 0.4) is 0 Å². The quantitative estimate of drug-likeness (QED) is 0.0754. The summed E-state index contributed by atoms with van der Waals surface area (Å²) in [7, 11) is 0. The normalized spacial score (nSPS) is 37.9. The van der Waals surface area contributed by atoms with Crippen LogP contribution in [0.15, 0.2) is 292 Å². The van der Waals surface area contributed by atoms with Gasteiger partial charge in [0.25, 0.3) is 0 Å². The fraction of sp³-hybridized carbons (Fsp3) is 0.429. The first-order chi connectivity index (χ1) is 63.5. The molecule has 5 saturated heterocycles. The Balaban J connectivity index is 0.708. The zero-order chi connectivity index (χ0) is 83.2. The van der Waals surface area contributed by atoms with Gasteiger partial charge in [0, 0.05) is 189 Å². The minimum absolute atomic E-state index is 0.115. The van der Waals surface area contributed by atoms with Crippen LogP contribution in [0.5, 0.6) is 0 Å². The summed E-state index contributed by atoms with van der Waals surface area (Å²) in [6, 6.07) is 96.9. The number of para-hydroxylation sites is 8. The highest BCUT2D eigenvalue weighted by Crippen LogP contribution is 2.67. The zero-order valence-corrected chi connectivity index (χ0v) is 73.1. The highest BCUT2D eigenvalue weighted by molar-refractivity contribution is 5.86. The minimum Gasteiger partial charge on any atom is -0.344 e. The van der Waals surface area contributed by atoms with Crippen molar-refractivity contribution < 1.29 is 0 Å². The maximum Gasteiger partial charge on any atom is 0.0649 e. The lowest BCUT2D eigenvalue weighted by molar-refractivity contribution is -0.0469.